The molecule has 1 aliphatic rings. The number of ether oxygens (including phenoxy) is 1. The third-order valence-electron chi connectivity index (χ3n) is 3.89. The normalized spacial score (nSPS) is 13.2. The van der Waals surface area contributed by atoms with E-state index >= 15 is 0 Å². The van der Waals surface area contributed by atoms with Gasteiger partial charge in [-0.25, -0.2) is 9.97 Å². The average molecular weight is 283 g/mol. The van der Waals surface area contributed by atoms with Crippen molar-refractivity contribution in [3.05, 3.63) is 35.2 Å². The van der Waals surface area contributed by atoms with Gasteiger partial charge in [0.1, 0.15) is 17.4 Å². The number of hydrogen-bond acceptors (Lipinski definition) is 4. The minimum atomic E-state index is 0.286. The summed E-state index contributed by atoms with van der Waals surface area (Å²) >= 11 is 0. The number of para-hydroxylation sites is 1. The maximum atomic E-state index is 5.83. The van der Waals surface area contributed by atoms with Crippen LogP contribution in [0.5, 0.6) is 5.75 Å². The molecule has 0 spiro atoms. The Bertz CT molecular complexity index is 680. The molecular formula is C17H21N3O. The number of rotatable bonds is 3. The van der Waals surface area contributed by atoms with E-state index in [1.165, 1.54) is 5.56 Å². The van der Waals surface area contributed by atoms with Crippen LogP contribution in [0.4, 0.5) is 5.82 Å². The number of nitrogens with zero attached hydrogens (tertiary/aromatic N) is 2. The lowest BCUT2D eigenvalue weighted by atomic mass is 10.0. The molecule has 0 aliphatic carbocycles. The Kier molecular flexibility index (Phi) is 3.53. The summed E-state index contributed by atoms with van der Waals surface area (Å²) in [6.07, 6.45) is 0.975. The van der Waals surface area contributed by atoms with Gasteiger partial charge in [-0.05, 0) is 18.6 Å². The number of anilines is 1. The van der Waals surface area contributed by atoms with Crippen LogP contribution in [0.2, 0.25) is 0 Å². The summed E-state index contributed by atoms with van der Waals surface area (Å²) in [5.41, 5.74) is 4.37. The van der Waals surface area contributed by atoms with E-state index in [0.29, 0.717) is 0 Å². The summed E-state index contributed by atoms with van der Waals surface area (Å²) in [5.74, 6) is 3.01. The second-order valence-electron chi connectivity index (χ2n) is 5.70. The minimum Gasteiger partial charge on any atom is -0.492 e. The molecule has 1 aromatic carbocycles. The Hall–Kier alpha value is -2.10. The number of fused-ring (bicyclic) bond motifs is 1. The monoisotopic (exact) mass is 283 g/mol. The summed E-state index contributed by atoms with van der Waals surface area (Å²) in [7, 11) is 1.90. The molecule has 1 N–H and O–H groups in total. The molecule has 2 heterocycles. The van der Waals surface area contributed by atoms with Crippen LogP contribution in [0, 0.1) is 6.92 Å². The van der Waals surface area contributed by atoms with Crippen LogP contribution in [-0.4, -0.2) is 23.6 Å². The third kappa shape index (κ3) is 2.35. The highest BCUT2D eigenvalue weighted by atomic mass is 16.5. The van der Waals surface area contributed by atoms with E-state index in [-0.39, 0.29) is 5.92 Å². The second kappa shape index (κ2) is 5.35. The van der Waals surface area contributed by atoms with Crippen molar-refractivity contribution in [2.24, 2.45) is 0 Å². The molecule has 0 unspecified atom stereocenters. The molecule has 0 radical (unpaired) electrons. The van der Waals surface area contributed by atoms with Crippen molar-refractivity contribution >= 4 is 5.82 Å². The lowest BCUT2D eigenvalue weighted by molar-refractivity contribution is 0.358. The molecule has 0 saturated carbocycles. The van der Waals surface area contributed by atoms with Crippen LogP contribution >= 0.6 is 0 Å². The van der Waals surface area contributed by atoms with E-state index in [0.717, 1.165) is 47.2 Å². The van der Waals surface area contributed by atoms with Gasteiger partial charge < -0.3 is 10.1 Å². The van der Waals surface area contributed by atoms with Gasteiger partial charge in [0, 0.05) is 30.5 Å². The lowest BCUT2D eigenvalue weighted by Gasteiger charge is -2.15. The highest BCUT2D eigenvalue weighted by molar-refractivity contribution is 5.75. The molecule has 0 amide bonds. The highest BCUT2D eigenvalue weighted by Crippen LogP contribution is 2.38. The highest BCUT2D eigenvalue weighted by Gasteiger charge is 2.21. The van der Waals surface area contributed by atoms with Crippen LogP contribution in [0.15, 0.2) is 18.2 Å². The second-order valence-corrected chi connectivity index (χ2v) is 5.70. The predicted molar refractivity (Wildman–Crippen MR) is 85.0 cm³/mol. The number of benzene rings is 1. The zero-order chi connectivity index (χ0) is 15.0. The Morgan fingerprint density at radius 2 is 2.05 bits per heavy atom. The van der Waals surface area contributed by atoms with Crippen LogP contribution in [0.3, 0.4) is 0 Å². The molecule has 0 fully saturated rings. The van der Waals surface area contributed by atoms with Gasteiger partial charge in [0.2, 0.25) is 0 Å². The quantitative estimate of drug-likeness (QED) is 0.935. The molecule has 21 heavy (non-hydrogen) atoms. The molecule has 3 rings (SSSR count). The molecule has 110 valence electrons. The van der Waals surface area contributed by atoms with Gasteiger partial charge in [-0.15, -0.1) is 0 Å². The van der Waals surface area contributed by atoms with Gasteiger partial charge in [-0.2, -0.15) is 0 Å². The van der Waals surface area contributed by atoms with E-state index in [1.807, 2.05) is 7.05 Å². The van der Waals surface area contributed by atoms with Crippen molar-refractivity contribution < 1.29 is 4.74 Å². The van der Waals surface area contributed by atoms with Crippen molar-refractivity contribution in [2.45, 2.75) is 33.1 Å². The molecule has 2 aromatic rings. The van der Waals surface area contributed by atoms with E-state index in [1.54, 1.807) is 0 Å². The van der Waals surface area contributed by atoms with Crippen molar-refractivity contribution in [1.29, 1.82) is 0 Å². The fourth-order valence-corrected chi connectivity index (χ4v) is 2.70. The predicted octanol–water partition coefficient (Wildman–Crippen LogP) is 3.55. The molecule has 0 saturated heterocycles. The summed E-state index contributed by atoms with van der Waals surface area (Å²) in [6.45, 7) is 7.03. The van der Waals surface area contributed by atoms with Crippen molar-refractivity contribution in [3.63, 3.8) is 0 Å². The SMILES string of the molecule is CNc1nc(C(C)C)nc(-c2cccc3c2OCC3)c1C. The first-order valence-electron chi connectivity index (χ1n) is 7.43. The van der Waals surface area contributed by atoms with E-state index in [2.05, 4.69) is 49.3 Å². The maximum Gasteiger partial charge on any atom is 0.133 e. The summed E-state index contributed by atoms with van der Waals surface area (Å²) in [6, 6.07) is 6.30. The Morgan fingerprint density at radius 3 is 2.76 bits per heavy atom. The molecule has 4 heteroatoms. The Morgan fingerprint density at radius 1 is 1.24 bits per heavy atom. The molecule has 0 atom stereocenters. The average Bonchev–Trinajstić information content (AvgIpc) is 2.95. The first-order chi connectivity index (χ1) is 10.1. The molecule has 1 aromatic heterocycles. The number of nitrogens with one attached hydrogen (secondary N) is 1. The smallest absolute Gasteiger partial charge is 0.133 e. The Balaban J connectivity index is 2.23. The minimum absolute atomic E-state index is 0.286. The number of aromatic nitrogens is 2. The van der Waals surface area contributed by atoms with Crippen molar-refractivity contribution in [3.8, 4) is 17.0 Å². The standard InChI is InChI=1S/C17H21N3O/c1-10(2)16-19-14(11(3)17(18-4)20-16)13-7-5-6-12-8-9-21-15(12)13/h5-7,10H,8-9H2,1-4H3,(H,18,19,20). The first-order valence-corrected chi connectivity index (χ1v) is 7.43. The van der Waals surface area contributed by atoms with E-state index < -0.39 is 0 Å². The molecule has 0 bridgehead atoms. The number of hydrogen-bond donors (Lipinski definition) is 1. The third-order valence-corrected chi connectivity index (χ3v) is 3.89. The largest absolute Gasteiger partial charge is 0.492 e. The zero-order valence-corrected chi connectivity index (χ0v) is 13.0. The van der Waals surface area contributed by atoms with Crippen molar-refractivity contribution in [2.75, 3.05) is 19.0 Å². The van der Waals surface area contributed by atoms with Crippen molar-refractivity contribution in [1.82, 2.24) is 9.97 Å². The zero-order valence-electron chi connectivity index (χ0n) is 13.0. The van der Waals surface area contributed by atoms with Crippen LogP contribution in [0.25, 0.3) is 11.3 Å². The van der Waals surface area contributed by atoms with Gasteiger partial charge in [-0.3, -0.25) is 0 Å². The van der Waals surface area contributed by atoms with Gasteiger partial charge in [-0.1, -0.05) is 26.0 Å². The Labute approximate surface area is 125 Å². The lowest BCUT2D eigenvalue weighted by Crippen LogP contribution is -2.07. The van der Waals surface area contributed by atoms with E-state index in [4.69, 9.17) is 9.72 Å². The summed E-state index contributed by atoms with van der Waals surface area (Å²) in [4.78, 5) is 9.40. The molecule has 1 aliphatic heterocycles. The van der Waals surface area contributed by atoms with Crippen LogP contribution in [-0.2, 0) is 6.42 Å². The topological polar surface area (TPSA) is 47.0 Å². The van der Waals surface area contributed by atoms with E-state index in [9.17, 15) is 0 Å². The fourth-order valence-electron chi connectivity index (χ4n) is 2.70. The van der Waals surface area contributed by atoms with Crippen LogP contribution < -0.4 is 10.1 Å². The van der Waals surface area contributed by atoms with Gasteiger partial charge in [0.05, 0.1) is 12.3 Å². The van der Waals surface area contributed by atoms with Gasteiger partial charge >= 0.3 is 0 Å². The first kappa shape index (κ1) is 13.9. The molecular weight excluding hydrogens is 262 g/mol. The van der Waals surface area contributed by atoms with Gasteiger partial charge in [0.25, 0.3) is 0 Å². The van der Waals surface area contributed by atoms with Crippen LogP contribution in [0.1, 0.15) is 36.7 Å². The fraction of sp³-hybridized carbons (Fsp3) is 0.412. The van der Waals surface area contributed by atoms with Gasteiger partial charge in [0.15, 0.2) is 0 Å². The maximum absolute atomic E-state index is 5.83. The summed E-state index contributed by atoms with van der Waals surface area (Å²) in [5, 5.41) is 3.18. The molecule has 4 nitrogen and oxygen atoms in total. The summed E-state index contributed by atoms with van der Waals surface area (Å²) < 4.78 is 5.83.